The van der Waals surface area contributed by atoms with Gasteiger partial charge in [-0.15, -0.1) is 0 Å². The van der Waals surface area contributed by atoms with Gasteiger partial charge in [0.1, 0.15) is 30.3 Å². The van der Waals surface area contributed by atoms with Crippen LogP contribution in [0.4, 0.5) is 0 Å². The van der Waals surface area contributed by atoms with E-state index in [-0.39, 0.29) is 5.76 Å². The smallest absolute Gasteiger partial charge is 0.170 e. The highest BCUT2D eigenvalue weighted by molar-refractivity contribution is 6.42. The number of ether oxygens (including phenoxy) is 2. The van der Waals surface area contributed by atoms with Crippen molar-refractivity contribution in [3.63, 3.8) is 0 Å². The first-order valence-corrected chi connectivity index (χ1v) is 9.51. The van der Waals surface area contributed by atoms with Crippen LogP contribution in [0.5, 0.6) is 5.75 Å². The number of halogens is 2. The number of aliphatic hydroxyl groups is 1. The molecule has 0 radical (unpaired) electrons. The van der Waals surface area contributed by atoms with Crippen molar-refractivity contribution in [1.82, 2.24) is 0 Å². The Morgan fingerprint density at radius 2 is 1.86 bits per heavy atom. The third kappa shape index (κ3) is 3.58. The van der Waals surface area contributed by atoms with Crippen LogP contribution in [-0.4, -0.2) is 11.7 Å². The summed E-state index contributed by atoms with van der Waals surface area (Å²) in [5.74, 6) is 2.10. The first kappa shape index (κ1) is 18.8. The average Bonchev–Trinajstić information content (AvgIpc) is 3.10. The minimum Gasteiger partial charge on any atom is -0.507 e. The predicted molar refractivity (Wildman–Crippen MR) is 111 cm³/mol. The monoisotopic (exact) mass is 416 g/mol. The van der Waals surface area contributed by atoms with Crippen molar-refractivity contribution in [3.05, 3.63) is 80.7 Å². The van der Waals surface area contributed by atoms with Gasteiger partial charge in [0, 0.05) is 16.5 Å². The molecule has 1 aliphatic heterocycles. The van der Waals surface area contributed by atoms with Crippen LogP contribution in [0.1, 0.15) is 25.2 Å². The number of hydrogen-bond acceptors (Lipinski definition) is 4. The summed E-state index contributed by atoms with van der Waals surface area (Å²) in [6.07, 6.45) is 0. The second-order valence-corrected chi connectivity index (χ2v) is 7.53. The fourth-order valence-electron chi connectivity index (χ4n) is 3.06. The first-order valence-electron chi connectivity index (χ1n) is 8.76. The summed E-state index contributed by atoms with van der Waals surface area (Å²) >= 11 is 12.0. The number of hydrogen-bond donors (Lipinski definition) is 1. The molecule has 0 amide bonds. The largest absolute Gasteiger partial charge is 0.507 e. The first-order chi connectivity index (χ1) is 13.4. The van der Waals surface area contributed by atoms with Gasteiger partial charge in [-0.1, -0.05) is 29.3 Å². The fourth-order valence-corrected chi connectivity index (χ4v) is 3.38. The van der Waals surface area contributed by atoms with Crippen molar-refractivity contribution in [1.29, 1.82) is 0 Å². The maximum Gasteiger partial charge on any atom is 0.170 e. The normalized spacial score (nSPS) is 14.6. The van der Waals surface area contributed by atoms with Crippen molar-refractivity contribution < 1.29 is 19.0 Å². The van der Waals surface area contributed by atoms with Crippen molar-refractivity contribution >= 4 is 39.9 Å². The van der Waals surface area contributed by atoms with Gasteiger partial charge in [-0.2, -0.15) is 0 Å². The Bertz CT molecular complexity index is 1120. The summed E-state index contributed by atoms with van der Waals surface area (Å²) in [7, 11) is 0. The van der Waals surface area contributed by atoms with Crippen molar-refractivity contribution in [2.45, 2.75) is 20.5 Å². The van der Waals surface area contributed by atoms with Crippen LogP contribution in [0.25, 0.3) is 16.7 Å². The van der Waals surface area contributed by atoms with Crippen molar-refractivity contribution in [2.75, 3.05) is 6.61 Å². The Labute approximate surface area is 172 Å². The second kappa shape index (κ2) is 7.46. The lowest BCUT2D eigenvalue weighted by molar-refractivity contribution is 0.272. The molecule has 0 aliphatic carbocycles. The summed E-state index contributed by atoms with van der Waals surface area (Å²) < 4.78 is 17.5. The predicted octanol–water partition coefficient (Wildman–Crippen LogP) is 6.91. The molecule has 0 fully saturated rings. The van der Waals surface area contributed by atoms with Crippen LogP contribution in [-0.2, 0) is 11.3 Å². The summed E-state index contributed by atoms with van der Waals surface area (Å²) in [4.78, 5) is 0. The van der Waals surface area contributed by atoms with Gasteiger partial charge in [0.25, 0.3) is 0 Å². The summed E-state index contributed by atoms with van der Waals surface area (Å²) in [6, 6.07) is 12.9. The highest BCUT2D eigenvalue weighted by Gasteiger charge is 2.21. The van der Waals surface area contributed by atoms with E-state index < -0.39 is 0 Å². The second-order valence-electron chi connectivity index (χ2n) is 6.72. The molecule has 0 saturated heterocycles. The lowest BCUT2D eigenvalue weighted by Gasteiger charge is -2.18. The minimum absolute atomic E-state index is 0.257. The topological polar surface area (TPSA) is 51.8 Å². The number of allylic oxidation sites excluding steroid dienone is 1. The lowest BCUT2D eigenvalue weighted by atomic mass is 10.1. The van der Waals surface area contributed by atoms with Gasteiger partial charge in [0.2, 0.25) is 0 Å². The van der Waals surface area contributed by atoms with Crippen LogP contribution < -0.4 is 4.74 Å². The molecule has 2 aromatic carbocycles. The Morgan fingerprint density at radius 3 is 2.64 bits per heavy atom. The van der Waals surface area contributed by atoms with Crippen LogP contribution in [0.2, 0.25) is 10.0 Å². The summed E-state index contributed by atoms with van der Waals surface area (Å²) in [6.45, 7) is 4.37. The lowest BCUT2D eigenvalue weighted by Crippen LogP contribution is -2.08. The highest BCUT2D eigenvalue weighted by atomic mass is 35.5. The molecule has 0 saturated carbocycles. The number of fused-ring (bicyclic) bond motifs is 1. The van der Waals surface area contributed by atoms with Crippen LogP contribution in [0.3, 0.4) is 0 Å². The van der Waals surface area contributed by atoms with E-state index in [1.54, 1.807) is 12.1 Å². The highest BCUT2D eigenvalue weighted by Crippen LogP contribution is 2.34. The van der Waals surface area contributed by atoms with Gasteiger partial charge in [-0.3, -0.25) is 0 Å². The molecule has 0 unspecified atom stereocenters. The molecular formula is C22H18Cl2O4. The van der Waals surface area contributed by atoms with E-state index in [4.69, 9.17) is 37.1 Å². The van der Waals surface area contributed by atoms with Crippen LogP contribution in [0, 0.1) is 0 Å². The number of furan rings is 1. The van der Waals surface area contributed by atoms with Crippen molar-refractivity contribution in [2.24, 2.45) is 0 Å². The molecule has 1 aliphatic rings. The number of rotatable bonds is 4. The van der Waals surface area contributed by atoms with E-state index in [9.17, 15) is 5.11 Å². The molecule has 6 heteroatoms. The van der Waals surface area contributed by atoms with E-state index in [2.05, 4.69) is 0 Å². The Kier molecular flexibility index (Phi) is 5.00. The minimum atomic E-state index is 0.257. The maximum absolute atomic E-state index is 10.2. The van der Waals surface area contributed by atoms with Gasteiger partial charge in [0.05, 0.1) is 10.0 Å². The van der Waals surface area contributed by atoms with Gasteiger partial charge >= 0.3 is 0 Å². The van der Waals surface area contributed by atoms with Gasteiger partial charge in [-0.05, 0) is 55.8 Å². The molecule has 1 N–H and O–H groups in total. The van der Waals surface area contributed by atoms with Crippen molar-refractivity contribution in [3.8, 4) is 5.75 Å². The Balaban J connectivity index is 1.57. The van der Waals surface area contributed by atoms with E-state index in [1.165, 1.54) is 0 Å². The molecule has 2 heterocycles. The van der Waals surface area contributed by atoms with E-state index >= 15 is 0 Å². The zero-order valence-corrected chi connectivity index (χ0v) is 16.9. The molecule has 3 aromatic rings. The molecular weight excluding hydrogens is 399 g/mol. The SMILES string of the molecule is CC1=C(O)C(C)=C(c2cc3cc(OCc4ccc(Cl)c(Cl)c4)ccc3o2)OC1. The summed E-state index contributed by atoms with van der Waals surface area (Å²) in [5.41, 5.74) is 3.11. The molecule has 4 nitrogen and oxygen atoms in total. The third-order valence-corrected chi connectivity index (χ3v) is 5.37. The molecule has 28 heavy (non-hydrogen) atoms. The van der Waals surface area contributed by atoms with E-state index in [0.717, 1.165) is 16.5 Å². The molecule has 144 valence electrons. The molecule has 1 aromatic heterocycles. The number of aliphatic hydroxyl groups excluding tert-OH is 1. The quantitative estimate of drug-likeness (QED) is 0.501. The maximum atomic E-state index is 10.2. The zero-order chi connectivity index (χ0) is 19.8. The average molecular weight is 417 g/mol. The third-order valence-electron chi connectivity index (χ3n) is 4.63. The number of benzene rings is 2. The summed E-state index contributed by atoms with van der Waals surface area (Å²) in [5, 5.41) is 12.1. The molecule has 0 atom stereocenters. The molecule has 0 spiro atoms. The van der Waals surface area contributed by atoms with Crippen LogP contribution in [0.15, 0.2) is 63.8 Å². The standard InChI is InChI=1S/C22H18Cl2O4/c1-12-10-27-22(13(2)21(12)25)20-9-15-8-16(4-6-19(15)28-20)26-11-14-3-5-17(23)18(24)7-14/h3-9,25H,10-11H2,1-2H3. The van der Waals surface area contributed by atoms with E-state index in [1.807, 2.05) is 44.2 Å². The molecule has 0 bridgehead atoms. The molecule has 4 rings (SSSR count). The van der Waals surface area contributed by atoms with Gasteiger partial charge < -0.3 is 19.0 Å². The van der Waals surface area contributed by atoms with E-state index in [0.29, 0.717) is 51.7 Å². The van der Waals surface area contributed by atoms with Gasteiger partial charge in [0.15, 0.2) is 11.5 Å². The Hall–Kier alpha value is -2.56. The fraction of sp³-hybridized carbons (Fsp3) is 0.182. The van der Waals surface area contributed by atoms with Crippen LogP contribution >= 0.6 is 23.2 Å². The Morgan fingerprint density at radius 1 is 1.04 bits per heavy atom. The zero-order valence-electron chi connectivity index (χ0n) is 15.4. The van der Waals surface area contributed by atoms with Gasteiger partial charge in [-0.25, -0.2) is 0 Å².